The number of carbonyl (C=O) groups is 5. The highest BCUT2D eigenvalue weighted by Crippen LogP contribution is 2.26. The van der Waals surface area contributed by atoms with E-state index in [4.69, 9.17) is 5.21 Å². The molecule has 15 heteroatoms. The number of aliphatic hydroxyl groups excluding tert-OH is 4. The van der Waals surface area contributed by atoms with Gasteiger partial charge in [0, 0.05) is 25.9 Å². The van der Waals surface area contributed by atoms with Crippen LogP contribution in [0.1, 0.15) is 39.2 Å². The number of hydroxylamine groups is 1. The van der Waals surface area contributed by atoms with Gasteiger partial charge in [0.1, 0.15) is 18.2 Å². The molecule has 1 aliphatic carbocycles. The molecule has 1 fully saturated rings. The number of aliphatic hydroxyl groups is 4. The standard InChI is InChI=1S/C28H43N5O10/c1-14(2)9-18(24(38)28(42)33-43)26(40)32-20(10-16-7-5-4-6-8-16)27(41)29-12-21(36)31-19-11-17(13-34)23(37)25(39)22(19)30-15(3)35/h4-8,14,17-20,22-25,34,37-39,43H,9-13H2,1-3H3,(H,29,41)(H,30,35)(H,31,36)(H,32,40)(H,33,42)/t17-,18-,19-,20+,22+,23-,24+,25-/m1/s1. The fourth-order valence-electron chi connectivity index (χ4n) is 5.12. The molecule has 10 N–H and O–H groups in total. The van der Waals surface area contributed by atoms with E-state index in [1.54, 1.807) is 44.2 Å². The molecule has 1 aromatic rings. The van der Waals surface area contributed by atoms with Gasteiger partial charge in [-0.25, -0.2) is 5.48 Å². The maximum Gasteiger partial charge on any atom is 0.272 e. The molecule has 15 nitrogen and oxygen atoms in total. The fourth-order valence-corrected chi connectivity index (χ4v) is 5.12. The Bertz CT molecular complexity index is 1100. The van der Waals surface area contributed by atoms with Crippen LogP contribution in [-0.2, 0) is 30.4 Å². The average molecular weight is 610 g/mol. The second-order valence-corrected chi connectivity index (χ2v) is 11.2. The van der Waals surface area contributed by atoms with Crippen molar-refractivity contribution in [3.8, 4) is 0 Å². The molecule has 8 atom stereocenters. The van der Waals surface area contributed by atoms with Crippen LogP contribution in [-0.4, -0.2) is 105 Å². The lowest BCUT2D eigenvalue weighted by Gasteiger charge is -2.42. The topological polar surface area (TPSA) is 247 Å². The highest BCUT2D eigenvalue weighted by Gasteiger charge is 2.44. The van der Waals surface area contributed by atoms with Crippen molar-refractivity contribution in [3.63, 3.8) is 0 Å². The third-order valence-electron chi connectivity index (χ3n) is 7.30. The molecule has 0 aliphatic heterocycles. The minimum Gasteiger partial charge on any atom is -0.396 e. The third-order valence-corrected chi connectivity index (χ3v) is 7.30. The number of nitrogens with one attached hydrogen (secondary N) is 5. The van der Waals surface area contributed by atoms with Crippen molar-refractivity contribution < 1.29 is 49.6 Å². The van der Waals surface area contributed by atoms with Crippen molar-refractivity contribution in [1.82, 2.24) is 26.7 Å². The summed E-state index contributed by atoms with van der Waals surface area (Å²) >= 11 is 0. The Morgan fingerprint density at radius 3 is 2.16 bits per heavy atom. The van der Waals surface area contributed by atoms with Crippen LogP contribution >= 0.6 is 0 Å². The molecule has 0 spiro atoms. The zero-order chi connectivity index (χ0) is 32.3. The molecule has 0 radical (unpaired) electrons. The van der Waals surface area contributed by atoms with Gasteiger partial charge in [-0.05, 0) is 24.3 Å². The molecule has 2 rings (SSSR count). The third kappa shape index (κ3) is 10.5. The molecule has 0 heterocycles. The van der Waals surface area contributed by atoms with Crippen LogP contribution in [0.2, 0.25) is 0 Å². The summed E-state index contributed by atoms with van der Waals surface area (Å²) in [5, 5.41) is 59.7. The zero-order valence-electron chi connectivity index (χ0n) is 24.4. The smallest absolute Gasteiger partial charge is 0.272 e. The fraction of sp³-hybridized carbons (Fsp3) is 0.607. The highest BCUT2D eigenvalue weighted by molar-refractivity contribution is 5.93. The first-order valence-electron chi connectivity index (χ1n) is 14.1. The number of hydrogen-bond acceptors (Lipinski definition) is 10. The van der Waals surface area contributed by atoms with E-state index in [2.05, 4.69) is 21.3 Å². The molecule has 43 heavy (non-hydrogen) atoms. The summed E-state index contributed by atoms with van der Waals surface area (Å²) in [7, 11) is 0. The minimum atomic E-state index is -1.89. The molecule has 0 saturated heterocycles. The number of hydrogen-bond donors (Lipinski definition) is 10. The van der Waals surface area contributed by atoms with Gasteiger partial charge in [0.25, 0.3) is 5.91 Å². The predicted octanol–water partition coefficient (Wildman–Crippen LogP) is -2.92. The quantitative estimate of drug-likeness (QED) is 0.0760. The maximum atomic E-state index is 13.2. The van der Waals surface area contributed by atoms with Crippen LogP contribution < -0.4 is 26.7 Å². The lowest BCUT2D eigenvalue weighted by Crippen LogP contribution is -2.65. The maximum absolute atomic E-state index is 13.2. The SMILES string of the molecule is CC(=O)N[C@@H]1[C@@H](O)[C@H](O)[C@@H](CO)C[C@H]1NC(=O)CNC(=O)[C@H](Cc1ccccc1)NC(=O)[C@H](CC(C)C)[C@H](O)C(=O)NO. The highest BCUT2D eigenvalue weighted by atomic mass is 16.5. The van der Waals surface area contributed by atoms with Crippen LogP contribution in [0.15, 0.2) is 30.3 Å². The van der Waals surface area contributed by atoms with Gasteiger partial charge in [-0.15, -0.1) is 0 Å². The molecule has 0 unspecified atom stereocenters. The lowest BCUT2D eigenvalue weighted by molar-refractivity contribution is -0.147. The van der Waals surface area contributed by atoms with E-state index in [1.165, 1.54) is 12.4 Å². The van der Waals surface area contributed by atoms with Crippen molar-refractivity contribution >= 4 is 29.5 Å². The van der Waals surface area contributed by atoms with Crippen molar-refractivity contribution in [2.24, 2.45) is 17.8 Å². The molecule has 0 aromatic heterocycles. The van der Waals surface area contributed by atoms with Gasteiger partial charge >= 0.3 is 0 Å². The van der Waals surface area contributed by atoms with E-state index in [1.807, 2.05) is 0 Å². The molecular formula is C28H43N5O10. The normalized spacial score (nSPS) is 23.8. The molecule has 1 aliphatic rings. The van der Waals surface area contributed by atoms with E-state index in [0.29, 0.717) is 5.56 Å². The van der Waals surface area contributed by atoms with E-state index in [9.17, 15) is 44.4 Å². The first-order valence-corrected chi connectivity index (χ1v) is 14.1. The van der Waals surface area contributed by atoms with E-state index in [0.717, 1.165) is 0 Å². The van der Waals surface area contributed by atoms with Crippen molar-refractivity contribution in [3.05, 3.63) is 35.9 Å². The van der Waals surface area contributed by atoms with Crippen LogP contribution in [0, 0.1) is 17.8 Å². The first kappa shape index (κ1) is 35.6. The summed E-state index contributed by atoms with van der Waals surface area (Å²) in [6, 6.07) is 5.53. The molecule has 5 amide bonds. The predicted molar refractivity (Wildman–Crippen MR) is 151 cm³/mol. The molecule has 0 bridgehead atoms. The monoisotopic (exact) mass is 609 g/mol. The van der Waals surface area contributed by atoms with Crippen molar-refractivity contribution in [2.45, 2.75) is 76.5 Å². The van der Waals surface area contributed by atoms with Crippen LogP contribution in [0.5, 0.6) is 0 Å². The van der Waals surface area contributed by atoms with Crippen molar-refractivity contribution in [1.29, 1.82) is 0 Å². The average Bonchev–Trinajstić information content (AvgIpc) is 2.97. The second-order valence-electron chi connectivity index (χ2n) is 11.2. The Labute approximate surface area is 249 Å². The van der Waals surface area contributed by atoms with E-state index >= 15 is 0 Å². The summed E-state index contributed by atoms with van der Waals surface area (Å²) in [4.78, 5) is 62.8. The Morgan fingerprint density at radius 1 is 0.953 bits per heavy atom. The molecule has 1 saturated carbocycles. The summed E-state index contributed by atoms with van der Waals surface area (Å²) < 4.78 is 0. The Balaban J connectivity index is 2.17. The summed E-state index contributed by atoms with van der Waals surface area (Å²) in [6.07, 6.45) is -4.59. The van der Waals surface area contributed by atoms with Crippen molar-refractivity contribution in [2.75, 3.05) is 13.2 Å². The summed E-state index contributed by atoms with van der Waals surface area (Å²) in [5.74, 6) is -6.14. The van der Waals surface area contributed by atoms with E-state index in [-0.39, 0.29) is 25.2 Å². The van der Waals surface area contributed by atoms with Gasteiger partial charge in [-0.1, -0.05) is 44.2 Å². The molecule has 240 valence electrons. The van der Waals surface area contributed by atoms with Gasteiger partial charge in [0.2, 0.25) is 23.6 Å². The van der Waals surface area contributed by atoms with Crippen LogP contribution in [0.4, 0.5) is 0 Å². The van der Waals surface area contributed by atoms with Gasteiger partial charge in [-0.3, -0.25) is 29.2 Å². The summed E-state index contributed by atoms with van der Waals surface area (Å²) in [6.45, 7) is 3.71. The van der Waals surface area contributed by atoms with Crippen LogP contribution in [0.25, 0.3) is 0 Å². The number of carbonyl (C=O) groups excluding carboxylic acids is 5. The number of benzene rings is 1. The number of rotatable bonds is 14. The first-order chi connectivity index (χ1) is 20.3. The van der Waals surface area contributed by atoms with E-state index < -0.39 is 91.0 Å². The molecular weight excluding hydrogens is 566 g/mol. The Kier molecular flexibility index (Phi) is 13.9. The molecule has 1 aromatic carbocycles. The Morgan fingerprint density at radius 2 is 1.60 bits per heavy atom. The van der Waals surface area contributed by atoms with Gasteiger partial charge in [0.15, 0.2) is 0 Å². The van der Waals surface area contributed by atoms with Gasteiger partial charge < -0.3 is 41.7 Å². The number of amides is 5. The second kappa shape index (κ2) is 16.9. The zero-order valence-corrected chi connectivity index (χ0v) is 24.4. The largest absolute Gasteiger partial charge is 0.396 e. The lowest BCUT2D eigenvalue weighted by atomic mass is 9.78. The van der Waals surface area contributed by atoms with Crippen LogP contribution in [0.3, 0.4) is 0 Å². The minimum absolute atomic E-state index is 0.00616. The van der Waals surface area contributed by atoms with Gasteiger partial charge in [-0.2, -0.15) is 0 Å². The van der Waals surface area contributed by atoms with Gasteiger partial charge in [0.05, 0.1) is 30.7 Å². The summed E-state index contributed by atoms with van der Waals surface area (Å²) in [5.41, 5.74) is 1.99. The Hall–Kier alpha value is -3.63.